The van der Waals surface area contributed by atoms with Gasteiger partial charge in [-0.3, -0.25) is 4.99 Å². The van der Waals surface area contributed by atoms with Crippen molar-refractivity contribution >= 4 is 17.6 Å². The van der Waals surface area contributed by atoms with Crippen LogP contribution in [0.5, 0.6) is 0 Å². The first kappa shape index (κ1) is 15.8. The molecular weight excluding hydrogens is 280 g/mol. The number of aliphatic imine (C=N–C) groups is 1. The minimum atomic E-state index is 1.04. The Morgan fingerprint density at radius 3 is 2.43 bits per heavy atom. The van der Waals surface area contributed by atoms with Gasteiger partial charge in [0.2, 0.25) is 0 Å². The molecule has 2 heteroatoms. The van der Waals surface area contributed by atoms with Crippen molar-refractivity contribution in [3.8, 4) is 0 Å². The number of fused-ring (bicyclic) bond motifs is 1. The van der Waals surface area contributed by atoms with Crippen molar-refractivity contribution in [2.45, 2.75) is 39.5 Å². The summed E-state index contributed by atoms with van der Waals surface area (Å²) in [5, 5.41) is 0. The quantitative estimate of drug-likeness (QED) is 0.696. The lowest BCUT2D eigenvalue weighted by Gasteiger charge is -2.20. The lowest BCUT2D eigenvalue weighted by atomic mass is 9.90. The second-order valence-corrected chi connectivity index (χ2v) is 6.14. The van der Waals surface area contributed by atoms with Crippen LogP contribution in [-0.4, -0.2) is 19.3 Å². The van der Waals surface area contributed by atoms with Crippen LogP contribution in [0.15, 0.2) is 47.5 Å². The molecule has 3 rings (SSSR count). The molecule has 0 fully saturated rings. The Morgan fingerprint density at radius 1 is 0.957 bits per heavy atom. The van der Waals surface area contributed by atoms with Crippen molar-refractivity contribution in [2.75, 3.05) is 18.0 Å². The van der Waals surface area contributed by atoms with Crippen molar-refractivity contribution < 1.29 is 0 Å². The molecule has 0 spiro atoms. The van der Waals surface area contributed by atoms with Gasteiger partial charge in [0.15, 0.2) is 0 Å². The molecule has 0 unspecified atom stereocenters. The number of benzene rings is 2. The van der Waals surface area contributed by atoms with Gasteiger partial charge in [0.25, 0.3) is 0 Å². The van der Waals surface area contributed by atoms with Crippen LogP contribution in [0, 0.1) is 0 Å². The van der Waals surface area contributed by atoms with Gasteiger partial charge in [-0.15, -0.1) is 0 Å². The summed E-state index contributed by atoms with van der Waals surface area (Å²) in [6, 6.07) is 15.2. The molecule has 120 valence electrons. The first-order valence-electron chi connectivity index (χ1n) is 8.81. The molecule has 1 aliphatic carbocycles. The van der Waals surface area contributed by atoms with Crippen LogP contribution in [0.2, 0.25) is 0 Å². The van der Waals surface area contributed by atoms with Crippen LogP contribution < -0.4 is 4.90 Å². The molecule has 0 amide bonds. The Balaban J connectivity index is 1.78. The zero-order valence-electron chi connectivity index (χ0n) is 14.3. The molecule has 0 aliphatic heterocycles. The van der Waals surface area contributed by atoms with E-state index in [9.17, 15) is 0 Å². The molecule has 0 radical (unpaired) electrons. The normalized spacial score (nSPS) is 14.0. The fourth-order valence-corrected chi connectivity index (χ4v) is 3.39. The van der Waals surface area contributed by atoms with E-state index in [0.717, 1.165) is 24.3 Å². The molecule has 0 aromatic heterocycles. The highest BCUT2D eigenvalue weighted by atomic mass is 15.1. The van der Waals surface area contributed by atoms with Gasteiger partial charge in [-0.05, 0) is 74.4 Å². The van der Waals surface area contributed by atoms with E-state index >= 15 is 0 Å². The van der Waals surface area contributed by atoms with Gasteiger partial charge in [-0.1, -0.05) is 24.3 Å². The van der Waals surface area contributed by atoms with Crippen molar-refractivity contribution in [1.82, 2.24) is 0 Å². The molecule has 0 atom stereocenters. The number of nitrogens with zero attached hydrogens (tertiary/aromatic N) is 2. The van der Waals surface area contributed by atoms with E-state index in [1.807, 2.05) is 6.21 Å². The lowest BCUT2D eigenvalue weighted by molar-refractivity contribution is 0.686. The van der Waals surface area contributed by atoms with Gasteiger partial charge < -0.3 is 4.90 Å². The predicted octanol–water partition coefficient (Wildman–Crippen LogP) is 5.16. The average molecular weight is 306 g/mol. The van der Waals surface area contributed by atoms with E-state index in [2.05, 4.69) is 61.2 Å². The van der Waals surface area contributed by atoms with E-state index in [1.54, 1.807) is 0 Å². The Labute approximate surface area is 139 Å². The molecule has 2 nitrogen and oxygen atoms in total. The first-order chi connectivity index (χ1) is 11.3. The third-order valence-corrected chi connectivity index (χ3v) is 4.75. The molecule has 0 bridgehead atoms. The van der Waals surface area contributed by atoms with Gasteiger partial charge >= 0.3 is 0 Å². The minimum absolute atomic E-state index is 1.04. The topological polar surface area (TPSA) is 15.6 Å². The smallest absolute Gasteiger partial charge is 0.0664 e. The second-order valence-electron chi connectivity index (χ2n) is 6.14. The van der Waals surface area contributed by atoms with Crippen molar-refractivity contribution in [1.29, 1.82) is 0 Å². The zero-order valence-corrected chi connectivity index (χ0v) is 14.3. The molecule has 0 N–H and O–H groups in total. The van der Waals surface area contributed by atoms with Gasteiger partial charge in [-0.25, -0.2) is 0 Å². The van der Waals surface area contributed by atoms with Crippen molar-refractivity contribution in [3.63, 3.8) is 0 Å². The Hall–Kier alpha value is -2.09. The average Bonchev–Trinajstić information content (AvgIpc) is 2.62. The van der Waals surface area contributed by atoms with Crippen LogP contribution in [0.3, 0.4) is 0 Å². The Morgan fingerprint density at radius 2 is 1.70 bits per heavy atom. The minimum Gasteiger partial charge on any atom is -0.372 e. The SMILES string of the molecule is CCN(CC)c1ccc(C=Nc2cccc3c2CCCC3)cc1. The fraction of sp³-hybridized carbons (Fsp3) is 0.381. The molecule has 0 heterocycles. The summed E-state index contributed by atoms with van der Waals surface area (Å²) < 4.78 is 0. The highest BCUT2D eigenvalue weighted by Gasteiger charge is 2.11. The summed E-state index contributed by atoms with van der Waals surface area (Å²) in [5.41, 5.74) is 6.53. The number of aryl methyl sites for hydroxylation is 1. The molecule has 2 aromatic rings. The second kappa shape index (κ2) is 7.45. The van der Waals surface area contributed by atoms with E-state index in [1.165, 1.54) is 42.5 Å². The molecule has 23 heavy (non-hydrogen) atoms. The predicted molar refractivity (Wildman–Crippen MR) is 100 cm³/mol. The fourth-order valence-electron chi connectivity index (χ4n) is 3.39. The number of anilines is 1. The van der Waals surface area contributed by atoms with Gasteiger partial charge in [-0.2, -0.15) is 0 Å². The highest BCUT2D eigenvalue weighted by Crippen LogP contribution is 2.29. The van der Waals surface area contributed by atoms with Crippen LogP contribution in [0.4, 0.5) is 11.4 Å². The van der Waals surface area contributed by atoms with E-state index in [4.69, 9.17) is 4.99 Å². The maximum atomic E-state index is 4.77. The third kappa shape index (κ3) is 3.64. The lowest BCUT2D eigenvalue weighted by Crippen LogP contribution is -2.21. The van der Waals surface area contributed by atoms with Gasteiger partial charge in [0.05, 0.1) is 5.69 Å². The molecule has 1 aliphatic rings. The Bertz CT molecular complexity index is 667. The molecule has 0 saturated carbocycles. The van der Waals surface area contributed by atoms with E-state index in [0.29, 0.717) is 0 Å². The number of rotatable bonds is 5. The monoisotopic (exact) mass is 306 g/mol. The maximum Gasteiger partial charge on any atom is 0.0664 e. The third-order valence-electron chi connectivity index (χ3n) is 4.75. The largest absolute Gasteiger partial charge is 0.372 e. The molecule has 0 saturated heterocycles. The van der Waals surface area contributed by atoms with Crippen molar-refractivity contribution in [3.05, 3.63) is 59.2 Å². The molecule has 2 aromatic carbocycles. The van der Waals surface area contributed by atoms with E-state index in [-0.39, 0.29) is 0 Å². The van der Waals surface area contributed by atoms with E-state index < -0.39 is 0 Å². The van der Waals surface area contributed by atoms with Crippen LogP contribution in [-0.2, 0) is 12.8 Å². The zero-order chi connectivity index (χ0) is 16.1. The van der Waals surface area contributed by atoms with Crippen LogP contribution in [0.1, 0.15) is 43.4 Å². The summed E-state index contributed by atoms with van der Waals surface area (Å²) in [4.78, 5) is 7.12. The van der Waals surface area contributed by atoms with Gasteiger partial charge in [0.1, 0.15) is 0 Å². The number of hydrogen-bond acceptors (Lipinski definition) is 2. The highest BCUT2D eigenvalue weighted by molar-refractivity contribution is 5.83. The van der Waals surface area contributed by atoms with Crippen molar-refractivity contribution in [2.24, 2.45) is 4.99 Å². The summed E-state index contributed by atoms with van der Waals surface area (Å²) in [6.07, 6.45) is 6.97. The standard InChI is InChI=1S/C21H26N2/c1-3-23(4-2)19-14-12-17(13-15-19)16-22-21-11-7-9-18-8-5-6-10-20(18)21/h7,9,11-16H,3-6,8,10H2,1-2H3. The summed E-state index contributed by atoms with van der Waals surface area (Å²) in [7, 11) is 0. The van der Waals surface area contributed by atoms with Crippen LogP contribution in [0.25, 0.3) is 0 Å². The number of hydrogen-bond donors (Lipinski definition) is 0. The van der Waals surface area contributed by atoms with Crippen LogP contribution >= 0.6 is 0 Å². The summed E-state index contributed by atoms with van der Waals surface area (Å²) >= 11 is 0. The first-order valence-corrected chi connectivity index (χ1v) is 8.81. The Kier molecular flexibility index (Phi) is 5.12. The summed E-state index contributed by atoms with van der Waals surface area (Å²) in [5.74, 6) is 0. The maximum absolute atomic E-state index is 4.77. The molecular formula is C21H26N2. The summed E-state index contributed by atoms with van der Waals surface area (Å²) in [6.45, 7) is 6.47. The van der Waals surface area contributed by atoms with Gasteiger partial charge in [0, 0.05) is 25.0 Å².